The Morgan fingerprint density at radius 3 is 2.64 bits per heavy atom. The van der Waals surface area contributed by atoms with Crippen LogP contribution in [0.3, 0.4) is 0 Å². The number of nitrogens with one attached hydrogen (secondary N) is 2. The van der Waals surface area contributed by atoms with Crippen LogP contribution >= 0.6 is 0 Å². The summed E-state index contributed by atoms with van der Waals surface area (Å²) < 4.78 is 5.18. The van der Waals surface area contributed by atoms with Crippen molar-refractivity contribution in [1.29, 1.82) is 0 Å². The fraction of sp³-hybridized carbons (Fsp3) is 0.412. The van der Waals surface area contributed by atoms with Gasteiger partial charge >= 0.3 is 6.09 Å². The highest BCUT2D eigenvalue weighted by atomic mass is 16.6. The van der Waals surface area contributed by atoms with Crippen LogP contribution < -0.4 is 10.7 Å². The molecule has 1 aromatic carbocycles. The molecule has 0 atom stereocenters. The van der Waals surface area contributed by atoms with Gasteiger partial charge in [0.15, 0.2) is 5.43 Å². The summed E-state index contributed by atoms with van der Waals surface area (Å²) in [4.78, 5) is 27.0. The van der Waals surface area contributed by atoms with Crippen molar-refractivity contribution >= 4 is 17.0 Å². The number of pyridine rings is 1. The second-order valence-electron chi connectivity index (χ2n) is 6.25. The number of ether oxygens (including phenoxy) is 1. The molecule has 0 unspecified atom stereocenters. The molecular weight excluding hydrogens is 280 g/mol. The molecule has 0 aliphatic carbocycles. The lowest BCUT2D eigenvalue weighted by Crippen LogP contribution is -2.32. The third-order valence-corrected chi connectivity index (χ3v) is 3.17. The summed E-state index contributed by atoms with van der Waals surface area (Å²) in [5, 5.41) is 3.31. The molecule has 5 heteroatoms. The lowest BCUT2D eigenvalue weighted by molar-refractivity contribution is 0.0523. The first-order valence-corrected chi connectivity index (χ1v) is 7.40. The van der Waals surface area contributed by atoms with Crippen LogP contribution in [0.2, 0.25) is 0 Å². The fourth-order valence-corrected chi connectivity index (χ4v) is 2.14. The molecule has 2 N–H and O–H groups in total. The van der Waals surface area contributed by atoms with E-state index in [0.29, 0.717) is 11.9 Å². The lowest BCUT2D eigenvalue weighted by Gasteiger charge is -2.19. The van der Waals surface area contributed by atoms with E-state index >= 15 is 0 Å². The van der Waals surface area contributed by atoms with Gasteiger partial charge in [-0.15, -0.1) is 0 Å². The first-order valence-electron chi connectivity index (χ1n) is 7.40. The Labute approximate surface area is 129 Å². The van der Waals surface area contributed by atoms with Crippen molar-refractivity contribution in [2.45, 2.75) is 46.3 Å². The largest absolute Gasteiger partial charge is 0.444 e. The van der Waals surface area contributed by atoms with Gasteiger partial charge in [0.05, 0.1) is 0 Å². The minimum atomic E-state index is -0.527. The maximum Gasteiger partial charge on any atom is 0.407 e. The van der Waals surface area contributed by atoms with E-state index in [0.717, 1.165) is 23.2 Å². The number of carbonyl (C=O) groups is 1. The van der Waals surface area contributed by atoms with Crippen molar-refractivity contribution in [2.24, 2.45) is 0 Å². The number of benzene rings is 1. The summed E-state index contributed by atoms with van der Waals surface area (Å²) in [6.07, 6.45) is 0.315. The minimum Gasteiger partial charge on any atom is -0.444 e. The molecule has 0 fully saturated rings. The van der Waals surface area contributed by atoms with E-state index in [2.05, 4.69) is 10.3 Å². The number of aromatic nitrogens is 1. The molecule has 0 aliphatic rings. The van der Waals surface area contributed by atoms with Gasteiger partial charge in [-0.3, -0.25) is 4.79 Å². The highest BCUT2D eigenvalue weighted by Gasteiger charge is 2.15. The van der Waals surface area contributed by atoms with Crippen molar-refractivity contribution in [1.82, 2.24) is 10.3 Å². The van der Waals surface area contributed by atoms with Crippen LogP contribution in [0.15, 0.2) is 29.1 Å². The zero-order valence-electron chi connectivity index (χ0n) is 13.4. The predicted molar refractivity (Wildman–Crippen MR) is 87.0 cm³/mol. The Hall–Kier alpha value is -2.30. The van der Waals surface area contributed by atoms with Crippen LogP contribution in [0, 0.1) is 0 Å². The van der Waals surface area contributed by atoms with E-state index in [1.165, 1.54) is 0 Å². The molecule has 2 rings (SSSR count). The van der Waals surface area contributed by atoms with Gasteiger partial charge in [0, 0.05) is 29.2 Å². The number of H-pyrrole nitrogens is 1. The van der Waals surface area contributed by atoms with E-state index in [9.17, 15) is 9.59 Å². The first kappa shape index (κ1) is 16.1. The van der Waals surface area contributed by atoms with Crippen molar-refractivity contribution in [3.8, 4) is 0 Å². The number of hydrogen-bond acceptors (Lipinski definition) is 3. The smallest absolute Gasteiger partial charge is 0.407 e. The van der Waals surface area contributed by atoms with Crippen LogP contribution in [0.1, 0.15) is 39.0 Å². The summed E-state index contributed by atoms with van der Waals surface area (Å²) >= 11 is 0. The molecule has 0 radical (unpaired) electrons. The molecule has 2 aromatic rings. The summed E-state index contributed by atoms with van der Waals surface area (Å²) in [7, 11) is 0. The van der Waals surface area contributed by atoms with E-state index in [4.69, 9.17) is 4.74 Å². The number of aryl methyl sites for hydroxylation is 1. The molecule has 5 nitrogen and oxygen atoms in total. The summed E-state index contributed by atoms with van der Waals surface area (Å²) in [6, 6.07) is 7.16. The Morgan fingerprint density at radius 2 is 2.00 bits per heavy atom. The second kappa shape index (κ2) is 6.22. The topological polar surface area (TPSA) is 71.2 Å². The normalized spacial score (nSPS) is 11.5. The molecule has 22 heavy (non-hydrogen) atoms. The molecule has 1 amide bonds. The van der Waals surface area contributed by atoms with Crippen LogP contribution in [0.25, 0.3) is 10.9 Å². The summed E-state index contributed by atoms with van der Waals surface area (Å²) in [6.45, 7) is 7.75. The molecular formula is C17H22N2O3. The predicted octanol–water partition coefficient (Wildman–Crippen LogP) is 3.12. The van der Waals surface area contributed by atoms with E-state index in [1.807, 2.05) is 39.8 Å². The second-order valence-corrected chi connectivity index (χ2v) is 6.25. The maximum atomic E-state index is 12.1. The van der Waals surface area contributed by atoms with Crippen molar-refractivity contribution < 1.29 is 9.53 Å². The zero-order valence-corrected chi connectivity index (χ0v) is 13.4. The summed E-state index contributed by atoms with van der Waals surface area (Å²) in [5.41, 5.74) is 2.04. The Morgan fingerprint density at radius 1 is 1.27 bits per heavy atom. The van der Waals surface area contributed by atoms with Crippen molar-refractivity contribution in [3.05, 3.63) is 45.7 Å². The molecule has 1 aromatic heterocycles. The number of carbonyl (C=O) groups excluding carboxylic acids is 1. The average Bonchev–Trinajstić information content (AvgIpc) is 2.43. The minimum absolute atomic E-state index is 0.00952. The zero-order chi connectivity index (χ0) is 16.3. The third kappa shape index (κ3) is 4.10. The molecule has 0 spiro atoms. The molecule has 0 bridgehead atoms. The van der Waals surface area contributed by atoms with Crippen LogP contribution in [0.4, 0.5) is 4.79 Å². The van der Waals surface area contributed by atoms with E-state index in [1.54, 1.807) is 12.1 Å². The highest BCUT2D eigenvalue weighted by Crippen LogP contribution is 2.12. The van der Waals surface area contributed by atoms with Gasteiger partial charge in [-0.1, -0.05) is 13.0 Å². The monoisotopic (exact) mass is 302 g/mol. The number of rotatable bonds is 3. The van der Waals surface area contributed by atoms with Gasteiger partial charge in [0.1, 0.15) is 5.60 Å². The Balaban J connectivity index is 2.15. The van der Waals surface area contributed by atoms with Crippen molar-refractivity contribution in [2.75, 3.05) is 0 Å². The van der Waals surface area contributed by atoms with Crippen LogP contribution in [0.5, 0.6) is 0 Å². The maximum absolute atomic E-state index is 12.1. The molecule has 0 saturated carbocycles. The number of hydrogen-bond donors (Lipinski definition) is 2. The molecule has 0 saturated heterocycles. The van der Waals surface area contributed by atoms with Gasteiger partial charge in [-0.2, -0.15) is 0 Å². The summed E-state index contributed by atoms with van der Waals surface area (Å²) in [5.74, 6) is 0. The standard InChI is InChI=1S/C17H22N2O3/c1-5-12-9-15(20)13-8-11(6-7-14(13)19-12)10-18-16(21)22-17(2,3)4/h6-9H,5,10H2,1-4H3,(H,18,21)(H,19,20). The number of amides is 1. The molecule has 118 valence electrons. The number of aromatic amines is 1. The lowest BCUT2D eigenvalue weighted by atomic mass is 10.1. The first-order chi connectivity index (χ1) is 10.3. The van der Waals surface area contributed by atoms with Gasteiger partial charge in [0.25, 0.3) is 0 Å². The highest BCUT2D eigenvalue weighted by molar-refractivity contribution is 5.79. The number of fused-ring (bicyclic) bond motifs is 1. The van der Waals surface area contributed by atoms with Gasteiger partial charge in [-0.05, 0) is 44.9 Å². The molecule has 1 heterocycles. The SMILES string of the molecule is CCc1cc(=O)c2cc(CNC(=O)OC(C)(C)C)ccc2[nH]1. The van der Waals surface area contributed by atoms with Crippen LogP contribution in [-0.2, 0) is 17.7 Å². The van der Waals surface area contributed by atoms with Crippen molar-refractivity contribution in [3.63, 3.8) is 0 Å². The Kier molecular flexibility index (Phi) is 4.54. The van der Waals surface area contributed by atoms with Gasteiger partial charge in [-0.25, -0.2) is 4.79 Å². The quantitative estimate of drug-likeness (QED) is 0.915. The van der Waals surface area contributed by atoms with Gasteiger partial charge in [0.2, 0.25) is 0 Å². The number of alkyl carbamates (subject to hydrolysis) is 1. The van der Waals surface area contributed by atoms with E-state index < -0.39 is 11.7 Å². The van der Waals surface area contributed by atoms with E-state index in [-0.39, 0.29) is 5.43 Å². The average molecular weight is 302 g/mol. The van der Waals surface area contributed by atoms with Crippen LogP contribution in [-0.4, -0.2) is 16.7 Å². The third-order valence-electron chi connectivity index (χ3n) is 3.17. The fourth-order valence-electron chi connectivity index (χ4n) is 2.14. The Bertz CT molecular complexity index is 742. The van der Waals surface area contributed by atoms with Gasteiger partial charge < -0.3 is 15.0 Å². The molecule has 0 aliphatic heterocycles.